The van der Waals surface area contributed by atoms with Crippen molar-refractivity contribution in [2.45, 2.75) is 153 Å². The molecule has 0 N–H and O–H groups in total. The third-order valence-electron chi connectivity index (χ3n) is 16.5. The van der Waals surface area contributed by atoms with Gasteiger partial charge in [-0.15, -0.1) is 5.54 Å². The molecule has 0 spiro atoms. The van der Waals surface area contributed by atoms with Gasteiger partial charge in [0.25, 0.3) is 0 Å². The van der Waals surface area contributed by atoms with Gasteiger partial charge in [-0.25, -0.2) is 13.2 Å². The predicted molar refractivity (Wildman–Crippen MR) is 271 cm³/mol. The minimum Gasteiger partial charge on any atom is -0.468 e. The summed E-state index contributed by atoms with van der Waals surface area (Å²) in [6.07, 6.45) is 4.12. The lowest BCUT2D eigenvalue weighted by Gasteiger charge is -2.42. The normalized spacial score (nSPS) is 24.8. The van der Waals surface area contributed by atoms with Crippen molar-refractivity contribution in [3.8, 4) is 34.4 Å². The Morgan fingerprint density at radius 3 is 2.37 bits per heavy atom. The molecule has 0 saturated carbocycles. The monoisotopic (exact) mass is 982 g/mol. The van der Waals surface area contributed by atoms with Gasteiger partial charge in [-0.05, 0) is 106 Å². The van der Waals surface area contributed by atoms with Gasteiger partial charge in [-0.2, -0.15) is 9.97 Å². The first-order valence-electron chi connectivity index (χ1n) is 25.6. The first-order chi connectivity index (χ1) is 33.4. The maximum atomic E-state index is 18.7. The van der Waals surface area contributed by atoms with Crippen molar-refractivity contribution >= 4 is 46.5 Å². The molecule has 5 aliphatic heterocycles. The lowest BCUT2D eigenvalue weighted by Crippen LogP contribution is -2.54. The number of nitrogens with zero attached hydrogens (tertiary/aromatic N) is 5. The van der Waals surface area contributed by atoms with Gasteiger partial charge in [0, 0.05) is 68.1 Å². The maximum absolute atomic E-state index is 18.7. The number of rotatable bonds is 14. The fourth-order valence-corrected chi connectivity index (χ4v) is 18.6. The molecule has 0 amide bonds. The van der Waals surface area contributed by atoms with Crippen LogP contribution in [0.25, 0.3) is 43.8 Å². The molecule has 5 saturated heterocycles. The summed E-state index contributed by atoms with van der Waals surface area (Å²) in [5, 5.41) is 2.21. The Kier molecular flexibility index (Phi) is 13.3. The van der Waals surface area contributed by atoms with E-state index in [-0.39, 0.29) is 59.8 Å². The first kappa shape index (κ1) is 49.2. The highest BCUT2D eigenvalue weighted by atomic mass is 28.3. The number of benzene rings is 3. The van der Waals surface area contributed by atoms with Crippen LogP contribution in [0, 0.1) is 30.0 Å². The standard InChI is InChI=1S/C55H70F3N5O6Si/c1-32(2)70(33(3)4,34(5)6)21-17-42-45(57)15-12-36-23-41(66-31-64-10)24-43(46(36)42)47-49(58)50-48(44-22-35(7)68-51(44)47)52(60-53(59-50)65-30-55-18-11-19-62(55)26-37(56)25-55)61-27-38-13-14-39(28-61)63(38)20-16-40-29-67-54(8,9)69-40/h12,15,22-24,32-34,37-40H,11,13-14,16,18-20,25-31H2,1-10H3/t37-,38-,39+,40?,55+/m1/s1. The fourth-order valence-electron chi connectivity index (χ4n) is 13.4. The SMILES string of the molecule is COCOc1cc(-c2c(F)c3nc(OC[C@@]45CCCN4C[C@H](F)C5)nc(N4C[C@H]5CC[C@@H](C4)N5CCC4COC(C)(C)O4)c3c3cc(C)oc23)c2c(C#C[Si](C(C)C)(C(C)C)C(C)C)c(F)ccc2c1. The van der Waals surface area contributed by atoms with Crippen molar-refractivity contribution in [2.75, 3.05) is 64.7 Å². The van der Waals surface area contributed by atoms with Gasteiger partial charge in [0.1, 0.15) is 55.1 Å². The van der Waals surface area contributed by atoms with E-state index in [4.69, 9.17) is 38.1 Å². The summed E-state index contributed by atoms with van der Waals surface area (Å²) in [7, 11) is -0.819. The van der Waals surface area contributed by atoms with Crippen LogP contribution in [0.1, 0.15) is 105 Å². The summed E-state index contributed by atoms with van der Waals surface area (Å²) in [5.41, 5.74) is 5.16. The number of piperazine rings is 1. The zero-order valence-electron chi connectivity index (χ0n) is 42.6. The zero-order chi connectivity index (χ0) is 49.4. The van der Waals surface area contributed by atoms with Crippen LogP contribution in [0.15, 0.2) is 34.7 Å². The number of aryl methyl sites for hydroxylation is 1. The second kappa shape index (κ2) is 18.9. The number of halogens is 3. The van der Waals surface area contributed by atoms with Crippen molar-refractivity contribution in [1.82, 2.24) is 19.8 Å². The van der Waals surface area contributed by atoms with E-state index < -0.39 is 37.2 Å². The van der Waals surface area contributed by atoms with E-state index in [2.05, 4.69) is 67.7 Å². The van der Waals surface area contributed by atoms with Crippen LogP contribution in [0.2, 0.25) is 16.6 Å². The molecule has 2 aromatic heterocycles. The van der Waals surface area contributed by atoms with Crippen LogP contribution in [-0.4, -0.2) is 123 Å². The summed E-state index contributed by atoms with van der Waals surface area (Å²) < 4.78 is 87.1. The summed E-state index contributed by atoms with van der Waals surface area (Å²) in [6.45, 7) is 23.2. The quantitative estimate of drug-likeness (QED) is 0.0605. The Morgan fingerprint density at radius 1 is 0.943 bits per heavy atom. The van der Waals surface area contributed by atoms with Gasteiger partial charge in [0.15, 0.2) is 18.4 Å². The summed E-state index contributed by atoms with van der Waals surface area (Å²) >= 11 is 0. The summed E-state index contributed by atoms with van der Waals surface area (Å²) in [6, 6.07) is 9.08. The summed E-state index contributed by atoms with van der Waals surface area (Å²) in [5.74, 6) is 3.21. The van der Waals surface area contributed by atoms with E-state index in [9.17, 15) is 0 Å². The van der Waals surface area contributed by atoms with Crippen LogP contribution in [0.5, 0.6) is 11.8 Å². The molecule has 1 unspecified atom stereocenters. The van der Waals surface area contributed by atoms with Gasteiger partial charge in [-0.3, -0.25) is 9.80 Å². The smallest absolute Gasteiger partial charge is 0.319 e. The number of hydrogen-bond acceptors (Lipinski definition) is 11. The van der Waals surface area contributed by atoms with Gasteiger partial charge in [0.05, 0.1) is 34.8 Å². The van der Waals surface area contributed by atoms with Gasteiger partial charge >= 0.3 is 6.01 Å². The number of hydrogen-bond donors (Lipinski definition) is 0. The molecule has 7 heterocycles. The molecule has 5 aromatic rings. The molecule has 0 aliphatic carbocycles. The molecular formula is C55H70F3N5O6Si. The molecule has 5 atom stereocenters. The Hall–Kier alpha value is -4.43. The molecule has 2 bridgehead atoms. The van der Waals surface area contributed by atoms with Crippen molar-refractivity contribution in [3.05, 3.63) is 53.3 Å². The Balaban J connectivity index is 1.16. The van der Waals surface area contributed by atoms with Crippen molar-refractivity contribution in [2.24, 2.45) is 0 Å². The molecule has 0 radical (unpaired) electrons. The first-order valence-corrected chi connectivity index (χ1v) is 27.8. The number of alkyl halides is 1. The lowest BCUT2D eigenvalue weighted by atomic mass is 9.91. The number of ether oxygens (including phenoxy) is 5. The molecular weight excluding hydrogens is 912 g/mol. The summed E-state index contributed by atoms with van der Waals surface area (Å²) in [4.78, 5) is 17.2. The third kappa shape index (κ3) is 8.65. The van der Waals surface area contributed by atoms with E-state index in [1.807, 2.05) is 32.9 Å². The highest BCUT2D eigenvalue weighted by Crippen LogP contribution is 2.48. The highest BCUT2D eigenvalue weighted by Gasteiger charge is 2.50. The third-order valence-corrected chi connectivity index (χ3v) is 22.8. The fraction of sp³-hybridized carbons (Fsp3) is 0.600. The van der Waals surface area contributed by atoms with E-state index in [0.29, 0.717) is 93.7 Å². The van der Waals surface area contributed by atoms with E-state index in [0.717, 1.165) is 45.2 Å². The average Bonchev–Trinajstić information content (AvgIpc) is 4.10. The van der Waals surface area contributed by atoms with Crippen molar-refractivity contribution < 1.29 is 41.3 Å². The van der Waals surface area contributed by atoms with Crippen LogP contribution >= 0.6 is 0 Å². The number of aromatic nitrogens is 2. The molecule has 5 aliphatic rings. The van der Waals surface area contributed by atoms with Crippen LogP contribution < -0.4 is 14.4 Å². The van der Waals surface area contributed by atoms with Gasteiger partial charge in [-0.1, -0.05) is 53.5 Å². The van der Waals surface area contributed by atoms with Crippen LogP contribution in [-0.2, 0) is 14.2 Å². The Bertz CT molecular complexity index is 2830. The minimum absolute atomic E-state index is 0.0308. The molecule has 10 rings (SSSR count). The van der Waals surface area contributed by atoms with E-state index >= 15 is 13.2 Å². The molecule has 5 fully saturated rings. The highest BCUT2D eigenvalue weighted by molar-refractivity contribution is 6.90. The molecule has 11 nitrogen and oxygen atoms in total. The Labute approximate surface area is 411 Å². The van der Waals surface area contributed by atoms with E-state index in [1.54, 1.807) is 12.1 Å². The zero-order valence-corrected chi connectivity index (χ0v) is 43.6. The van der Waals surface area contributed by atoms with Crippen LogP contribution in [0.3, 0.4) is 0 Å². The predicted octanol–water partition coefficient (Wildman–Crippen LogP) is 11.5. The average molecular weight is 982 g/mol. The van der Waals surface area contributed by atoms with Gasteiger partial charge in [0.2, 0.25) is 0 Å². The van der Waals surface area contributed by atoms with Crippen LogP contribution in [0.4, 0.5) is 19.0 Å². The van der Waals surface area contributed by atoms with Crippen molar-refractivity contribution in [1.29, 1.82) is 0 Å². The van der Waals surface area contributed by atoms with Gasteiger partial charge < -0.3 is 33.0 Å². The number of anilines is 1. The maximum Gasteiger partial charge on any atom is 0.319 e. The number of fused-ring (bicyclic) bond motifs is 7. The Morgan fingerprint density at radius 2 is 1.69 bits per heavy atom. The molecule has 70 heavy (non-hydrogen) atoms. The topological polar surface area (TPSA) is 94.8 Å². The minimum atomic E-state index is -2.35. The number of furan rings is 1. The second-order valence-electron chi connectivity index (χ2n) is 22.2. The molecule has 376 valence electrons. The number of methoxy groups -OCH3 is 1. The second-order valence-corrected chi connectivity index (χ2v) is 27.7. The molecule has 15 heteroatoms. The molecule has 3 aromatic carbocycles. The van der Waals surface area contributed by atoms with Crippen molar-refractivity contribution in [3.63, 3.8) is 0 Å². The lowest BCUT2D eigenvalue weighted by molar-refractivity contribution is -0.139. The largest absolute Gasteiger partial charge is 0.468 e. The van der Waals surface area contributed by atoms with E-state index in [1.165, 1.54) is 13.2 Å².